The molecule has 0 radical (unpaired) electrons. The quantitative estimate of drug-likeness (QED) is 0.895. The lowest BCUT2D eigenvalue weighted by molar-refractivity contribution is 0.275. The number of hydrogen-bond acceptors (Lipinski definition) is 2. The largest absolute Gasteiger partial charge is 0.496 e. The van der Waals surface area contributed by atoms with Gasteiger partial charge in [0.05, 0.1) is 7.11 Å². The van der Waals surface area contributed by atoms with Crippen LogP contribution in [0.3, 0.4) is 0 Å². The molecule has 1 aliphatic carbocycles. The summed E-state index contributed by atoms with van der Waals surface area (Å²) < 4.78 is 6.63. The van der Waals surface area contributed by atoms with Gasteiger partial charge in [-0.3, -0.25) is 0 Å². The molecule has 1 unspecified atom stereocenters. The van der Waals surface area contributed by atoms with Gasteiger partial charge in [-0.2, -0.15) is 0 Å². The van der Waals surface area contributed by atoms with Crippen molar-refractivity contribution in [2.45, 2.75) is 38.1 Å². The number of methoxy groups -OCH3 is 1. The van der Waals surface area contributed by atoms with E-state index in [1.54, 1.807) is 7.11 Å². The molecule has 3 heteroatoms. The van der Waals surface area contributed by atoms with Crippen molar-refractivity contribution in [3.05, 3.63) is 28.2 Å². The monoisotopic (exact) mass is 311 g/mol. The second-order valence-corrected chi connectivity index (χ2v) is 5.97. The summed E-state index contributed by atoms with van der Waals surface area (Å²) in [5.74, 6) is 1.72. The summed E-state index contributed by atoms with van der Waals surface area (Å²) in [5, 5.41) is 3.49. The molecule has 0 amide bonds. The molecular weight excluding hydrogens is 290 g/mol. The Morgan fingerprint density at radius 1 is 1.28 bits per heavy atom. The third-order valence-electron chi connectivity index (χ3n) is 3.96. The molecule has 0 bridgehead atoms. The summed E-state index contributed by atoms with van der Waals surface area (Å²) in [6.45, 7) is 0. The lowest BCUT2D eigenvalue weighted by atomic mass is 9.81. The van der Waals surface area contributed by atoms with Crippen molar-refractivity contribution in [2.75, 3.05) is 14.2 Å². The number of ether oxygens (including phenoxy) is 1. The second-order valence-electron chi connectivity index (χ2n) is 5.05. The minimum absolute atomic E-state index is 0.401. The molecule has 0 spiro atoms. The Balaban J connectivity index is 2.27. The molecule has 0 aromatic heterocycles. The first kappa shape index (κ1) is 13.9. The van der Waals surface area contributed by atoms with E-state index in [-0.39, 0.29) is 0 Å². The highest BCUT2D eigenvalue weighted by molar-refractivity contribution is 9.10. The summed E-state index contributed by atoms with van der Waals surface area (Å²) in [7, 11) is 3.81. The number of benzene rings is 1. The van der Waals surface area contributed by atoms with Crippen LogP contribution in [0.25, 0.3) is 0 Å². The fourth-order valence-corrected chi connectivity index (χ4v) is 3.44. The molecule has 100 valence electrons. The maximum Gasteiger partial charge on any atom is 0.123 e. The zero-order valence-electron chi connectivity index (χ0n) is 11.2. The highest BCUT2D eigenvalue weighted by Crippen LogP contribution is 2.38. The van der Waals surface area contributed by atoms with Crippen LogP contribution in [0.1, 0.15) is 43.7 Å². The molecule has 1 saturated carbocycles. The lowest BCUT2D eigenvalue weighted by Gasteiger charge is -2.31. The Hall–Kier alpha value is -0.540. The van der Waals surface area contributed by atoms with Crippen molar-refractivity contribution in [1.82, 2.24) is 5.32 Å². The van der Waals surface area contributed by atoms with Crippen molar-refractivity contribution < 1.29 is 4.74 Å². The first-order valence-electron chi connectivity index (χ1n) is 6.77. The van der Waals surface area contributed by atoms with E-state index in [0.29, 0.717) is 6.04 Å². The van der Waals surface area contributed by atoms with Crippen molar-refractivity contribution in [1.29, 1.82) is 0 Å². The molecule has 2 nitrogen and oxygen atoms in total. The van der Waals surface area contributed by atoms with Crippen LogP contribution in [0.2, 0.25) is 0 Å². The molecule has 0 aliphatic heterocycles. The van der Waals surface area contributed by atoms with Gasteiger partial charge in [0.1, 0.15) is 5.75 Å². The molecule has 1 aromatic rings. The van der Waals surface area contributed by atoms with Crippen LogP contribution in [-0.4, -0.2) is 14.2 Å². The first-order chi connectivity index (χ1) is 8.76. The molecule has 18 heavy (non-hydrogen) atoms. The van der Waals surface area contributed by atoms with Gasteiger partial charge in [0.15, 0.2) is 0 Å². The van der Waals surface area contributed by atoms with Gasteiger partial charge in [0.2, 0.25) is 0 Å². The van der Waals surface area contributed by atoms with Gasteiger partial charge in [0, 0.05) is 16.1 Å². The second kappa shape index (κ2) is 6.58. The van der Waals surface area contributed by atoms with Crippen molar-refractivity contribution in [2.24, 2.45) is 5.92 Å². The molecular formula is C15H22BrNO. The minimum Gasteiger partial charge on any atom is -0.496 e. The molecule has 1 aromatic carbocycles. The van der Waals surface area contributed by atoms with Crippen molar-refractivity contribution in [3.8, 4) is 5.75 Å². The van der Waals surface area contributed by atoms with Crippen LogP contribution < -0.4 is 10.1 Å². The van der Waals surface area contributed by atoms with E-state index >= 15 is 0 Å². The molecule has 0 saturated heterocycles. The molecule has 1 atom stereocenters. The first-order valence-corrected chi connectivity index (χ1v) is 7.56. The Morgan fingerprint density at radius 3 is 2.61 bits per heavy atom. The van der Waals surface area contributed by atoms with Gasteiger partial charge in [-0.05, 0) is 44.0 Å². The highest BCUT2D eigenvalue weighted by Gasteiger charge is 2.26. The molecule has 1 N–H and O–H groups in total. The molecule has 1 fully saturated rings. The van der Waals surface area contributed by atoms with E-state index in [2.05, 4.69) is 34.4 Å². The normalized spacial score (nSPS) is 18.6. The number of hydrogen-bond donors (Lipinski definition) is 1. The van der Waals surface area contributed by atoms with Gasteiger partial charge in [-0.25, -0.2) is 0 Å². The topological polar surface area (TPSA) is 21.3 Å². The third-order valence-corrected chi connectivity index (χ3v) is 4.45. The van der Waals surface area contributed by atoms with E-state index in [1.807, 2.05) is 12.1 Å². The van der Waals surface area contributed by atoms with E-state index in [0.717, 1.165) is 16.1 Å². The summed E-state index contributed by atoms with van der Waals surface area (Å²) in [6.07, 6.45) is 6.75. The van der Waals surface area contributed by atoms with Crippen LogP contribution >= 0.6 is 15.9 Å². The Labute approximate surface area is 118 Å². The van der Waals surface area contributed by atoms with E-state index in [4.69, 9.17) is 4.74 Å². The van der Waals surface area contributed by atoms with Crippen LogP contribution in [0.15, 0.2) is 22.7 Å². The highest BCUT2D eigenvalue weighted by atomic mass is 79.9. The van der Waals surface area contributed by atoms with Crippen molar-refractivity contribution in [3.63, 3.8) is 0 Å². The number of nitrogens with one attached hydrogen (secondary N) is 1. The van der Waals surface area contributed by atoms with Crippen LogP contribution in [-0.2, 0) is 0 Å². The van der Waals surface area contributed by atoms with E-state index in [1.165, 1.54) is 37.7 Å². The lowest BCUT2D eigenvalue weighted by Crippen LogP contribution is -2.27. The summed E-state index contributed by atoms with van der Waals surface area (Å²) in [6, 6.07) is 6.68. The minimum atomic E-state index is 0.401. The maximum atomic E-state index is 5.51. The third kappa shape index (κ3) is 3.07. The standard InChI is InChI=1S/C15H22BrNO/c1-17-15(11-6-4-3-5-7-11)13-10-12(16)8-9-14(13)18-2/h8-11,15,17H,3-7H2,1-2H3. The van der Waals surface area contributed by atoms with Gasteiger partial charge in [-0.1, -0.05) is 35.2 Å². The summed E-state index contributed by atoms with van der Waals surface area (Å²) in [5.41, 5.74) is 1.28. The Kier molecular flexibility index (Phi) is 5.07. The van der Waals surface area contributed by atoms with Crippen LogP contribution in [0, 0.1) is 5.92 Å². The zero-order chi connectivity index (χ0) is 13.0. The van der Waals surface area contributed by atoms with Gasteiger partial charge in [0.25, 0.3) is 0 Å². The average Bonchev–Trinajstić information content (AvgIpc) is 2.41. The van der Waals surface area contributed by atoms with E-state index in [9.17, 15) is 0 Å². The number of halogens is 1. The van der Waals surface area contributed by atoms with Gasteiger partial charge >= 0.3 is 0 Å². The van der Waals surface area contributed by atoms with E-state index < -0.39 is 0 Å². The zero-order valence-corrected chi connectivity index (χ0v) is 12.8. The fraction of sp³-hybridized carbons (Fsp3) is 0.600. The summed E-state index contributed by atoms with van der Waals surface area (Å²) in [4.78, 5) is 0. The van der Waals surface area contributed by atoms with Crippen LogP contribution in [0.4, 0.5) is 0 Å². The van der Waals surface area contributed by atoms with Gasteiger partial charge < -0.3 is 10.1 Å². The SMILES string of the molecule is CNC(c1cc(Br)ccc1OC)C1CCCCC1. The van der Waals surface area contributed by atoms with Gasteiger partial charge in [-0.15, -0.1) is 0 Å². The van der Waals surface area contributed by atoms with Crippen molar-refractivity contribution >= 4 is 15.9 Å². The Bertz CT molecular complexity index is 388. The van der Waals surface area contributed by atoms with Crippen LogP contribution in [0.5, 0.6) is 5.75 Å². The molecule has 2 rings (SSSR count). The predicted molar refractivity (Wildman–Crippen MR) is 79.1 cm³/mol. The predicted octanol–water partition coefficient (Wildman–Crippen LogP) is 4.30. The average molecular weight is 312 g/mol. The Morgan fingerprint density at radius 2 is 2.00 bits per heavy atom. The number of rotatable bonds is 4. The maximum absolute atomic E-state index is 5.51. The summed E-state index contributed by atoms with van der Waals surface area (Å²) >= 11 is 3.56. The molecule has 1 aliphatic rings. The molecule has 0 heterocycles. The fourth-order valence-electron chi connectivity index (χ4n) is 3.06. The smallest absolute Gasteiger partial charge is 0.123 e.